The van der Waals surface area contributed by atoms with Gasteiger partial charge in [-0.15, -0.1) is 0 Å². The summed E-state index contributed by atoms with van der Waals surface area (Å²) in [4.78, 5) is 11.3. The molecule has 1 aliphatic carbocycles. The van der Waals surface area contributed by atoms with Crippen LogP contribution in [0.5, 0.6) is 0 Å². The Bertz CT molecular complexity index is 765. The van der Waals surface area contributed by atoms with Crippen LogP contribution < -0.4 is 0 Å². The smallest absolute Gasteiger partial charge is 0.308 e. The average molecular weight is 333 g/mol. The number of esters is 1. The molecule has 0 saturated heterocycles. The van der Waals surface area contributed by atoms with E-state index in [2.05, 4.69) is 6.07 Å². The molecule has 0 N–H and O–H groups in total. The first-order valence-electron chi connectivity index (χ1n) is 6.99. The molecular formula is C18H14Cl2O2. The van der Waals surface area contributed by atoms with E-state index in [9.17, 15) is 4.79 Å². The second-order valence-corrected chi connectivity index (χ2v) is 6.03. The van der Waals surface area contributed by atoms with Crippen LogP contribution in [0.2, 0.25) is 10.0 Å². The first-order valence-corrected chi connectivity index (χ1v) is 7.74. The van der Waals surface area contributed by atoms with Crippen molar-refractivity contribution in [3.63, 3.8) is 0 Å². The summed E-state index contributed by atoms with van der Waals surface area (Å²) in [5, 5.41) is 1.09. The highest BCUT2D eigenvalue weighted by Gasteiger charge is 2.24. The van der Waals surface area contributed by atoms with E-state index in [0.29, 0.717) is 15.8 Å². The summed E-state index contributed by atoms with van der Waals surface area (Å²) >= 11 is 12.1. The second kappa shape index (κ2) is 6.15. The Morgan fingerprint density at radius 1 is 1.14 bits per heavy atom. The van der Waals surface area contributed by atoms with Gasteiger partial charge in [-0.25, -0.2) is 0 Å². The Balaban J connectivity index is 2.04. The number of hydrogen-bond acceptors (Lipinski definition) is 2. The van der Waals surface area contributed by atoms with Gasteiger partial charge in [0, 0.05) is 18.4 Å². The van der Waals surface area contributed by atoms with E-state index >= 15 is 0 Å². The van der Waals surface area contributed by atoms with E-state index in [1.807, 2.05) is 42.5 Å². The first-order chi connectivity index (χ1) is 10.6. The molecule has 0 spiro atoms. The van der Waals surface area contributed by atoms with Crippen LogP contribution in [-0.4, -0.2) is 5.97 Å². The van der Waals surface area contributed by atoms with Gasteiger partial charge >= 0.3 is 5.97 Å². The van der Waals surface area contributed by atoms with Crippen molar-refractivity contribution in [3.8, 4) is 0 Å². The number of rotatable bonds is 2. The van der Waals surface area contributed by atoms with Crippen molar-refractivity contribution >= 4 is 34.9 Å². The zero-order valence-corrected chi connectivity index (χ0v) is 13.5. The highest BCUT2D eigenvalue weighted by molar-refractivity contribution is 6.42. The lowest BCUT2D eigenvalue weighted by molar-refractivity contribution is -0.134. The molecule has 0 aromatic heterocycles. The fourth-order valence-electron chi connectivity index (χ4n) is 2.78. The van der Waals surface area contributed by atoms with Crippen LogP contribution in [0.25, 0.3) is 5.76 Å². The second-order valence-electron chi connectivity index (χ2n) is 5.21. The molecule has 4 heteroatoms. The van der Waals surface area contributed by atoms with Crippen molar-refractivity contribution in [2.75, 3.05) is 0 Å². The highest BCUT2D eigenvalue weighted by atomic mass is 35.5. The maximum atomic E-state index is 11.3. The van der Waals surface area contributed by atoms with E-state index in [-0.39, 0.29) is 11.9 Å². The number of halogens is 2. The quantitative estimate of drug-likeness (QED) is 0.685. The minimum atomic E-state index is -0.311. The Morgan fingerprint density at radius 2 is 1.91 bits per heavy atom. The number of allylic oxidation sites excluding steroid dienone is 1. The molecular weight excluding hydrogens is 319 g/mol. The van der Waals surface area contributed by atoms with Gasteiger partial charge in [0.15, 0.2) is 0 Å². The molecule has 0 radical (unpaired) electrons. The van der Waals surface area contributed by atoms with Gasteiger partial charge in [0.2, 0.25) is 0 Å². The molecule has 112 valence electrons. The standard InChI is InChI=1S/C18H14Cl2O2/c1-11(21)22-18-9-7-13(14-4-2-3-5-15(14)18)12-6-8-16(19)17(20)10-12/h2-6,8-10,13H,7H2,1H3/t13-/m0/s1. The molecule has 22 heavy (non-hydrogen) atoms. The summed E-state index contributed by atoms with van der Waals surface area (Å²) in [7, 11) is 0. The summed E-state index contributed by atoms with van der Waals surface area (Å²) in [6.45, 7) is 1.41. The molecule has 1 aliphatic rings. The summed E-state index contributed by atoms with van der Waals surface area (Å²) < 4.78 is 5.32. The van der Waals surface area contributed by atoms with Crippen molar-refractivity contribution < 1.29 is 9.53 Å². The Morgan fingerprint density at radius 3 is 2.64 bits per heavy atom. The van der Waals surface area contributed by atoms with E-state index in [1.54, 1.807) is 0 Å². The summed E-state index contributed by atoms with van der Waals surface area (Å²) in [6, 6.07) is 13.6. The molecule has 0 unspecified atom stereocenters. The monoisotopic (exact) mass is 332 g/mol. The molecule has 2 nitrogen and oxygen atoms in total. The molecule has 1 atom stereocenters. The predicted molar refractivity (Wildman–Crippen MR) is 89.1 cm³/mol. The van der Waals surface area contributed by atoms with Crippen LogP contribution in [-0.2, 0) is 9.53 Å². The van der Waals surface area contributed by atoms with Gasteiger partial charge in [-0.1, -0.05) is 53.5 Å². The summed E-state index contributed by atoms with van der Waals surface area (Å²) in [5.41, 5.74) is 3.17. The molecule has 0 fully saturated rings. The van der Waals surface area contributed by atoms with Crippen LogP contribution >= 0.6 is 23.2 Å². The van der Waals surface area contributed by atoms with Crippen molar-refractivity contribution in [3.05, 3.63) is 75.3 Å². The Kier molecular flexibility index (Phi) is 4.23. The number of benzene rings is 2. The molecule has 2 aromatic carbocycles. The molecule has 0 heterocycles. The molecule has 0 bridgehead atoms. The van der Waals surface area contributed by atoms with Crippen LogP contribution in [0.4, 0.5) is 0 Å². The van der Waals surface area contributed by atoms with Gasteiger partial charge in [0.1, 0.15) is 5.76 Å². The van der Waals surface area contributed by atoms with Gasteiger partial charge < -0.3 is 4.74 Å². The summed E-state index contributed by atoms with van der Waals surface area (Å²) in [6.07, 6.45) is 2.70. The van der Waals surface area contributed by atoms with E-state index in [4.69, 9.17) is 27.9 Å². The summed E-state index contributed by atoms with van der Waals surface area (Å²) in [5.74, 6) is 0.485. The Labute approximate surface area is 139 Å². The van der Waals surface area contributed by atoms with Crippen molar-refractivity contribution in [1.29, 1.82) is 0 Å². The number of carbonyl (C=O) groups is 1. The lowest BCUT2D eigenvalue weighted by atomic mass is 9.81. The number of carbonyl (C=O) groups excluding carboxylic acids is 1. The van der Waals surface area contributed by atoms with Gasteiger partial charge in [-0.05, 0) is 35.8 Å². The number of fused-ring (bicyclic) bond motifs is 1. The zero-order chi connectivity index (χ0) is 15.7. The maximum absolute atomic E-state index is 11.3. The van der Waals surface area contributed by atoms with Gasteiger partial charge in [0.25, 0.3) is 0 Å². The first kappa shape index (κ1) is 15.1. The Hall–Kier alpha value is -1.77. The molecule has 0 saturated carbocycles. The lowest BCUT2D eigenvalue weighted by Gasteiger charge is -2.25. The fourth-order valence-corrected chi connectivity index (χ4v) is 3.09. The average Bonchev–Trinajstić information content (AvgIpc) is 2.50. The van der Waals surface area contributed by atoms with Crippen LogP contribution in [0, 0.1) is 0 Å². The zero-order valence-electron chi connectivity index (χ0n) is 12.0. The fraction of sp³-hybridized carbons (Fsp3) is 0.167. The lowest BCUT2D eigenvalue weighted by Crippen LogP contribution is -2.11. The van der Waals surface area contributed by atoms with Gasteiger partial charge in [-0.2, -0.15) is 0 Å². The highest BCUT2D eigenvalue weighted by Crippen LogP contribution is 2.40. The van der Waals surface area contributed by atoms with E-state index in [0.717, 1.165) is 23.1 Å². The van der Waals surface area contributed by atoms with Crippen LogP contribution in [0.1, 0.15) is 36.0 Å². The number of ether oxygens (including phenoxy) is 1. The van der Waals surface area contributed by atoms with Crippen molar-refractivity contribution in [2.45, 2.75) is 19.3 Å². The minimum absolute atomic E-state index is 0.172. The van der Waals surface area contributed by atoms with E-state index < -0.39 is 0 Å². The molecule has 0 aliphatic heterocycles. The SMILES string of the molecule is CC(=O)OC1=CC[C@@H](c2ccc(Cl)c(Cl)c2)c2ccccc21. The van der Waals surface area contributed by atoms with Crippen LogP contribution in [0.3, 0.4) is 0 Å². The van der Waals surface area contributed by atoms with Crippen molar-refractivity contribution in [1.82, 2.24) is 0 Å². The largest absolute Gasteiger partial charge is 0.426 e. The third-order valence-corrected chi connectivity index (χ3v) is 4.48. The topological polar surface area (TPSA) is 26.3 Å². The van der Waals surface area contributed by atoms with Gasteiger partial charge in [0.05, 0.1) is 10.0 Å². The molecule has 0 amide bonds. The van der Waals surface area contributed by atoms with Gasteiger partial charge in [-0.3, -0.25) is 4.79 Å². The number of hydrogen-bond donors (Lipinski definition) is 0. The molecule has 2 aromatic rings. The molecule has 3 rings (SSSR count). The third-order valence-electron chi connectivity index (χ3n) is 3.74. The van der Waals surface area contributed by atoms with Crippen LogP contribution in [0.15, 0.2) is 48.5 Å². The third kappa shape index (κ3) is 2.90. The maximum Gasteiger partial charge on any atom is 0.308 e. The van der Waals surface area contributed by atoms with Crippen molar-refractivity contribution in [2.24, 2.45) is 0 Å². The minimum Gasteiger partial charge on any atom is -0.426 e. The normalized spacial score (nSPS) is 16.7. The van der Waals surface area contributed by atoms with E-state index in [1.165, 1.54) is 6.92 Å². The predicted octanol–water partition coefficient (Wildman–Crippen LogP) is 5.43.